The number of nitrogens with zero attached hydrogens (tertiary/aromatic N) is 3. The zero-order valence-corrected chi connectivity index (χ0v) is 26.5. The smallest absolute Gasteiger partial charge is 0.255 e. The SMILES string of the molecule is Cn1ccc2cc(NC(=O)c3ccc(CN4CC[C@@H](C(=O)NCCCNc5c6c(nc7ccccc57)CCCC6)C4)cc3)ccc21. The third kappa shape index (κ3) is 6.49. The number of hydrogen-bond acceptors (Lipinski definition) is 5. The number of pyridine rings is 1. The maximum atomic E-state index is 13.0. The van der Waals surface area contributed by atoms with E-state index in [1.807, 2.05) is 61.8 Å². The number of para-hydroxylation sites is 1. The van der Waals surface area contributed by atoms with E-state index in [0.29, 0.717) is 12.1 Å². The average molecular weight is 615 g/mol. The maximum absolute atomic E-state index is 13.0. The molecule has 2 amide bonds. The summed E-state index contributed by atoms with van der Waals surface area (Å²) in [5.41, 5.74) is 8.59. The van der Waals surface area contributed by atoms with E-state index in [-0.39, 0.29) is 17.7 Å². The van der Waals surface area contributed by atoms with Crippen LogP contribution in [0.15, 0.2) is 79.0 Å². The number of likely N-dealkylation sites (tertiary alicyclic amines) is 1. The summed E-state index contributed by atoms with van der Waals surface area (Å²) in [7, 11) is 2.01. The van der Waals surface area contributed by atoms with Crippen molar-refractivity contribution in [1.29, 1.82) is 0 Å². The van der Waals surface area contributed by atoms with Crippen LogP contribution in [0.5, 0.6) is 0 Å². The molecule has 236 valence electrons. The first kappa shape index (κ1) is 30.0. The first-order valence-electron chi connectivity index (χ1n) is 16.6. The zero-order valence-electron chi connectivity index (χ0n) is 26.5. The molecule has 1 aliphatic heterocycles. The van der Waals surface area contributed by atoms with Gasteiger partial charge >= 0.3 is 0 Å². The highest BCUT2D eigenvalue weighted by atomic mass is 16.2. The molecule has 8 nitrogen and oxygen atoms in total. The second-order valence-electron chi connectivity index (χ2n) is 12.8. The molecular formula is C38H42N6O2. The topological polar surface area (TPSA) is 91.3 Å². The Hall–Kier alpha value is -4.69. The number of benzene rings is 3. The van der Waals surface area contributed by atoms with Gasteiger partial charge in [-0.15, -0.1) is 0 Å². The number of carbonyl (C=O) groups is 2. The van der Waals surface area contributed by atoms with Crippen LogP contribution < -0.4 is 16.0 Å². The number of anilines is 2. The standard InChI is InChI=1S/C38H42N6O2/c1-43-21-17-28-23-30(15-16-35(28)43)41-38(46)27-13-11-26(12-14-27)24-44-22-18-29(25-44)37(45)40-20-6-19-39-36-31-7-2-4-9-33(31)42-34-10-5-3-8-32(34)36/h2,4,7,9,11-17,21,23,29H,3,5-6,8,10,18-20,22,24-25H2,1H3,(H,39,42)(H,40,45)(H,41,46)/t29-/m1/s1. The third-order valence-electron chi connectivity index (χ3n) is 9.53. The Balaban J connectivity index is 0.854. The predicted octanol–water partition coefficient (Wildman–Crippen LogP) is 6.30. The molecule has 7 rings (SSSR count). The lowest BCUT2D eigenvalue weighted by Gasteiger charge is -2.21. The molecule has 46 heavy (non-hydrogen) atoms. The van der Waals surface area contributed by atoms with Gasteiger partial charge in [0.15, 0.2) is 0 Å². The lowest BCUT2D eigenvalue weighted by molar-refractivity contribution is -0.124. The average Bonchev–Trinajstić information content (AvgIpc) is 3.70. The highest BCUT2D eigenvalue weighted by molar-refractivity contribution is 6.05. The van der Waals surface area contributed by atoms with Crippen molar-refractivity contribution in [3.63, 3.8) is 0 Å². The molecule has 8 heteroatoms. The van der Waals surface area contributed by atoms with Gasteiger partial charge < -0.3 is 20.5 Å². The Labute approximate surface area is 270 Å². The molecule has 0 unspecified atom stereocenters. The van der Waals surface area contributed by atoms with Crippen LogP contribution >= 0.6 is 0 Å². The van der Waals surface area contributed by atoms with Crippen LogP contribution in [0, 0.1) is 5.92 Å². The van der Waals surface area contributed by atoms with E-state index in [4.69, 9.17) is 4.98 Å². The molecular weight excluding hydrogens is 572 g/mol. The summed E-state index contributed by atoms with van der Waals surface area (Å²) in [6.07, 6.45) is 8.31. The summed E-state index contributed by atoms with van der Waals surface area (Å²) in [6, 6.07) is 24.2. The summed E-state index contributed by atoms with van der Waals surface area (Å²) in [5, 5.41) is 12.2. The van der Waals surface area contributed by atoms with Crippen LogP contribution in [0.25, 0.3) is 21.8 Å². The van der Waals surface area contributed by atoms with Gasteiger partial charge in [-0.3, -0.25) is 19.5 Å². The van der Waals surface area contributed by atoms with E-state index in [1.165, 1.54) is 35.2 Å². The van der Waals surface area contributed by atoms with Crippen molar-refractivity contribution in [2.24, 2.45) is 13.0 Å². The number of aryl methyl sites for hydroxylation is 2. The largest absolute Gasteiger partial charge is 0.384 e. The minimum absolute atomic E-state index is 0.0103. The van der Waals surface area contributed by atoms with Crippen molar-refractivity contribution in [3.05, 3.63) is 101 Å². The van der Waals surface area contributed by atoms with Gasteiger partial charge in [0.1, 0.15) is 0 Å². The number of rotatable bonds is 10. The van der Waals surface area contributed by atoms with Crippen molar-refractivity contribution in [2.45, 2.75) is 45.1 Å². The van der Waals surface area contributed by atoms with Crippen LogP contribution in [0.2, 0.25) is 0 Å². The summed E-state index contributed by atoms with van der Waals surface area (Å²) in [5.74, 6) is 0.0366. The quantitative estimate of drug-likeness (QED) is 0.161. The first-order chi connectivity index (χ1) is 22.5. The van der Waals surface area contributed by atoms with Crippen molar-refractivity contribution in [3.8, 4) is 0 Å². The van der Waals surface area contributed by atoms with Crippen LogP contribution in [-0.4, -0.2) is 52.4 Å². The number of fused-ring (bicyclic) bond motifs is 3. The summed E-state index contributed by atoms with van der Waals surface area (Å²) < 4.78 is 2.06. The molecule has 2 aromatic heterocycles. The van der Waals surface area contributed by atoms with Gasteiger partial charge in [-0.05, 0) is 98.7 Å². The van der Waals surface area contributed by atoms with Gasteiger partial charge in [0.2, 0.25) is 5.91 Å². The Morgan fingerprint density at radius 2 is 1.80 bits per heavy atom. The Bertz CT molecular complexity index is 1880. The van der Waals surface area contributed by atoms with E-state index in [0.717, 1.165) is 79.5 Å². The lowest BCUT2D eigenvalue weighted by Crippen LogP contribution is -2.33. The van der Waals surface area contributed by atoms with Crippen molar-refractivity contribution in [2.75, 3.05) is 36.8 Å². The fraction of sp³-hybridized carbons (Fsp3) is 0.342. The van der Waals surface area contributed by atoms with E-state index in [9.17, 15) is 9.59 Å². The van der Waals surface area contributed by atoms with Gasteiger partial charge in [-0.1, -0.05) is 30.3 Å². The monoisotopic (exact) mass is 614 g/mol. The molecule has 0 spiro atoms. The fourth-order valence-corrected chi connectivity index (χ4v) is 7.00. The molecule has 0 saturated carbocycles. The van der Waals surface area contributed by atoms with E-state index >= 15 is 0 Å². The summed E-state index contributed by atoms with van der Waals surface area (Å²) >= 11 is 0. The molecule has 2 aliphatic rings. The number of nitrogens with one attached hydrogen (secondary N) is 3. The minimum atomic E-state index is -0.122. The molecule has 0 radical (unpaired) electrons. The fourth-order valence-electron chi connectivity index (χ4n) is 7.00. The van der Waals surface area contributed by atoms with Gasteiger partial charge in [0, 0.05) is 78.3 Å². The van der Waals surface area contributed by atoms with Gasteiger partial charge in [0.05, 0.1) is 11.4 Å². The number of aromatic nitrogens is 2. The Morgan fingerprint density at radius 3 is 2.70 bits per heavy atom. The van der Waals surface area contributed by atoms with E-state index in [2.05, 4.69) is 49.7 Å². The van der Waals surface area contributed by atoms with Crippen LogP contribution in [0.1, 0.15) is 52.9 Å². The first-order valence-corrected chi connectivity index (χ1v) is 16.6. The normalized spacial score (nSPS) is 16.4. The molecule has 1 aliphatic carbocycles. The number of hydrogen-bond donors (Lipinski definition) is 3. The molecule has 0 bridgehead atoms. The molecule has 5 aromatic rings. The van der Waals surface area contributed by atoms with Crippen LogP contribution in [0.4, 0.5) is 11.4 Å². The zero-order chi connectivity index (χ0) is 31.5. The molecule has 3 aromatic carbocycles. The summed E-state index contributed by atoms with van der Waals surface area (Å²) in [4.78, 5) is 33.1. The highest BCUT2D eigenvalue weighted by Gasteiger charge is 2.28. The van der Waals surface area contributed by atoms with E-state index < -0.39 is 0 Å². The van der Waals surface area contributed by atoms with Crippen molar-refractivity contribution < 1.29 is 9.59 Å². The second-order valence-corrected chi connectivity index (χ2v) is 12.8. The van der Waals surface area contributed by atoms with Gasteiger partial charge in [-0.25, -0.2) is 0 Å². The Morgan fingerprint density at radius 1 is 0.957 bits per heavy atom. The van der Waals surface area contributed by atoms with E-state index in [1.54, 1.807) is 0 Å². The number of carbonyl (C=O) groups excluding carboxylic acids is 2. The molecule has 3 heterocycles. The molecule has 1 fully saturated rings. The predicted molar refractivity (Wildman–Crippen MR) is 185 cm³/mol. The highest BCUT2D eigenvalue weighted by Crippen LogP contribution is 2.33. The molecule has 3 N–H and O–H groups in total. The van der Waals surface area contributed by atoms with Gasteiger partial charge in [-0.2, -0.15) is 0 Å². The van der Waals surface area contributed by atoms with Crippen molar-refractivity contribution in [1.82, 2.24) is 19.8 Å². The third-order valence-corrected chi connectivity index (χ3v) is 9.53. The lowest BCUT2D eigenvalue weighted by atomic mass is 9.92. The van der Waals surface area contributed by atoms with Gasteiger partial charge in [0.25, 0.3) is 5.91 Å². The maximum Gasteiger partial charge on any atom is 0.255 e. The van der Waals surface area contributed by atoms with Crippen LogP contribution in [0.3, 0.4) is 0 Å². The summed E-state index contributed by atoms with van der Waals surface area (Å²) in [6.45, 7) is 3.89. The number of amides is 2. The van der Waals surface area contributed by atoms with Crippen LogP contribution in [-0.2, 0) is 31.2 Å². The minimum Gasteiger partial charge on any atom is -0.384 e. The second kappa shape index (κ2) is 13.3. The Kier molecular flexibility index (Phi) is 8.70. The van der Waals surface area contributed by atoms with Crippen molar-refractivity contribution >= 4 is 45.0 Å². The molecule has 1 saturated heterocycles. The molecule has 1 atom stereocenters.